The Bertz CT molecular complexity index is 532. The predicted molar refractivity (Wildman–Crippen MR) is 62.7 cm³/mol. The number of nitrogens with zero attached hydrogens (tertiary/aromatic N) is 2. The second-order valence-electron chi connectivity index (χ2n) is 3.85. The van der Waals surface area contributed by atoms with Crippen LogP contribution in [-0.2, 0) is 11.3 Å². The van der Waals surface area contributed by atoms with Crippen LogP contribution in [0.1, 0.15) is 12.5 Å². The summed E-state index contributed by atoms with van der Waals surface area (Å²) in [5.41, 5.74) is 8.34. The highest BCUT2D eigenvalue weighted by atomic mass is 16.2. The Morgan fingerprint density at radius 3 is 3.00 bits per heavy atom. The van der Waals surface area contributed by atoms with E-state index in [0.29, 0.717) is 12.5 Å². The van der Waals surface area contributed by atoms with E-state index in [-0.39, 0.29) is 5.91 Å². The van der Waals surface area contributed by atoms with E-state index in [4.69, 9.17) is 5.73 Å². The fourth-order valence-electron chi connectivity index (χ4n) is 1.56. The average molecular weight is 218 g/mol. The number of benzene rings is 1. The molecule has 0 radical (unpaired) electrons. The Labute approximate surface area is 93.3 Å². The van der Waals surface area contributed by atoms with Gasteiger partial charge in [0.05, 0.1) is 11.0 Å². The molecule has 0 saturated carbocycles. The zero-order valence-corrected chi connectivity index (χ0v) is 9.32. The van der Waals surface area contributed by atoms with Crippen molar-refractivity contribution in [3.8, 4) is 0 Å². The van der Waals surface area contributed by atoms with Crippen LogP contribution in [0.4, 0.5) is 5.95 Å². The van der Waals surface area contributed by atoms with Crippen LogP contribution in [0.2, 0.25) is 0 Å². The SMILES string of the molecule is CC(=O)N(C)Cc1ccc2nc(N)[nH]c2c1. The van der Waals surface area contributed by atoms with Crippen LogP contribution in [0, 0.1) is 0 Å². The lowest BCUT2D eigenvalue weighted by atomic mass is 10.2. The van der Waals surface area contributed by atoms with Crippen LogP contribution in [0.3, 0.4) is 0 Å². The van der Waals surface area contributed by atoms with Crippen LogP contribution in [0.25, 0.3) is 11.0 Å². The summed E-state index contributed by atoms with van der Waals surface area (Å²) in [7, 11) is 1.77. The zero-order chi connectivity index (χ0) is 11.7. The summed E-state index contributed by atoms with van der Waals surface area (Å²) in [6.07, 6.45) is 0. The summed E-state index contributed by atoms with van der Waals surface area (Å²) in [6, 6.07) is 5.80. The van der Waals surface area contributed by atoms with Gasteiger partial charge in [0.25, 0.3) is 0 Å². The fourth-order valence-corrected chi connectivity index (χ4v) is 1.56. The highest BCUT2D eigenvalue weighted by molar-refractivity contribution is 5.78. The molecule has 1 heterocycles. The molecular formula is C11H14N4O. The van der Waals surface area contributed by atoms with Gasteiger partial charge in [-0.1, -0.05) is 6.07 Å². The molecule has 0 unspecified atom stereocenters. The third-order valence-electron chi connectivity index (χ3n) is 2.52. The molecule has 2 aromatic rings. The molecule has 2 rings (SSSR count). The largest absolute Gasteiger partial charge is 0.369 e. The van der Waals surface area contributed by atoms with Crippen molar-refractivity contribution in [2.75, 3.05) is 12.8 Å². The minimum atomic E-state index is 0.0456. The summed E-state index contributed by atoms with van der Waals surface area (Å²) in [6.45, 7) is 2.14. The third kappa shape index (κ3) is 1.98. The number of hydrogen-bond donors (Lipinski definition) is 2. The van der Waals surface area contributed by atoms with Crippen LogP contribution in [0.5, 0.6) is 0 Å². The van der Waals surface area contributed by atoms with Gasteiger partial charge in [-0.15, -0.1) is 0 Å². The number of carbonyl (C=O) groups excluding carboxylic acids is 1. The van der Waals surface area contributed by atoms with Crippen molar-refractivity contribution in [3.63, 3.8) is 0 Å². The first-order valence-electron chi connectivity index (χ1n) is 5.02. The smallest absolute Gasteiger partial charge is 0.219 e. The maximum atomic E-state index is 11.1. The Morgan fingerprint density at radius 1 is 1.56 bits per heavy atom. The number of carbonyl (C=O) groups is 1. The number of nitrogen functional groups attached to an aromatic ring is 1. The molecule has 5 heteroatoms. The topological polar surface area (TPSA) is 75.0 Å². The van der Waals surface area contributed by atoms with E-state index in [1.165, 1.54) is 0 Å². The number of anilines is 1. The molecule has 5 nitrogen and oxygen atoms in total. The minimum Gasteiger partial charge on any atom is -0.369 e. The molecule has 0 fully saturated rings. The lowest BCUT2D eigenvalue weighted by Gasteiger charge is -2.14. The van der Waals surface area contributed by atoms with Gasteiger partial charge in [-0.2, -0.15) is 0 Å². The van der Waals surface area contributed by atoms with E-state index in [1.807, 2.05) is 18.2 Å². The summed E-state index contributed by atoms with van der Waals surface area (Å²) < 4.78 is 0. The highest BCUT2D eigenvalue weighted by Gasteiger charge is 2.05. The zero-order valence-electron chi connectivity index (χ0n) is 9.32. The number of fused-ring (bicyclic) bond motifs is 1. The third-order valence-corrected chi connectivity index (χ3v) is 2.52. The Hall–Kier alpha value is -2.04. The van der Waals surface area contributed by atoms with Gasteiger partial charge in [0.1, 0.15) is 0 Å². The van der Waals surface area contributed by atoms with Gasteiger partial charge in [0.2, 0.25) is 5.91 Å². The van der Waals surface area contributed by atoms with E-state index in [0.717, 1.165) is 16.6 Å². The maximum Gasteiger partial charge on any atom is 0.219 e. The highest BCUT2D eigenvalue weighted by Crippen LogP contribution is 2.15. The van der Waals surface area contributed by atoms with Gasteiger partial charge in [-0.05, 0) is 17.7 Å². The van der Waals surface area contributed by atoms with Gasteiger partial charge < -0.3 is 15.6 Å². The molecule has 3 N–H and O–H groups in total. The van der Waals surface area contributed by atoms with Gasteiger partial charge in [-0.25, -0.2) is 4.98 Å². The monoisotopic (exact) mass is 218 g/mol. The van der Waals surface area contributed by atoms with Crippen molar-refractivity contribution in [3.05, 3.63) is 23.8 Å². The molecule has 16 heavy (non-hydrogen) atoms. The molecule has 0 bridgehead atoms. The van der Waals surface area contributed by atoms with Crippen LogP contribution < -0.4 is 5.73 Å². The first kappa shape index (κ1) is 10.5. The van der Waals surface area contributed by atoms with E-state index in [1.54, 1.807) is 18.9 Å². The maximum absolute atomic E-state index is 11.1. The molecule has 0 spiro atoms. The normalized spacial score (nSPS) is 10.6. The molecule has 1 aromatic heterocycles. The predicted octanol–water partition coefficient (Wildman–Crippen LogP) is 1.12. The van der Waals surface area contributed by atoms with Gasteiger partial charge in [0, 0.05) is 20.5 Å². The molecular weight excluding hydrogens is 204 g/mol. The Kier molecular flexibility index (Phi) is 2.52. The lowest BCUT2D eigenvalue weighted by molar-refractivity contribution is -0.128. The summed E-state index contributed by atoms with van der Waals surface area (Å²) in [4.78, 5) is 19.8. The number of hydrogen-bond acceptors (Lipinski definition) is 3. The van der Waals surface area contributed by atoms with Crippen LogP contribution >= 0.6 is 0 Å². The second-order valence-corrected chi connectivity index (χ2v) is 3.85. The van der Waals surface area contributed by atoms with E-state index < -0.39 is 0 Å². The molecule has 0 aliphatic heterocycles. The second kappa shape index (κ2) is 3.84. The lowest BCUT2D eigenvalue weighted by Crippen LogP contribution is -2.22. The van der Waals surface area contributed by atoms with Crippen LogP contribution in [-0.4, -0.2) is 27.8 Å². The number of H-pyrrole nitrogens is 1. The van der Waals surface area contributed by atoms with Crippen molar-refractivity contribution in [2.24, 2.45) is 0 Å². The number of amides is 1. The Morgan fingerprint density at radius 2 is 2.31 bits per heavy atom. The number of aromatic nitrogens is 2. The number of rotatable bonds is 2. The first-order valence-corrected chi connectivity index (χ1v) is 5.02. The molecule has 0 atom stereocenters. The quantitative estimate of drug-likeness (QED) is 0.793. The minimum absolute atomic E-state index is 0.0456. The molecule has 1 amide bonds. The van der Waals surface area contributed by atoms with E-state index >= 15 is 0 Å². The van der Waals surface area contributed by atoms with Crippen molar-refractivity contribution >= 4 is 22.9 Å². The van der Waals surface area contributed by atoms with Crippen molar-refractivity contribution in [2.45, 2.75) is 13.5 Å². The summed E-state index contributed by atoms with van der Waals surface area (Å²) in [5, 5.41) is 0. The first-order chi connectivity index (χ1) is 7.56. The molecule has 1 aromatic carbocycles. The number of nitrogens with two attached hydrogens (primary N) is 1. The molecule has 0 aliphatic rings. The summed E-state index contributed by atoms with van der Waals surface area (Å²) in [5.74, 6) is 0.455. The average Bonchev–Trinajstić information content (AvgIpc) is 2.57. The van der Waals surface area contributed by atoms with Gasteiger partial charge >= 0.3 is 0 Å². The number of nitrogens with one attached hydrogen (secondary N) is 1. The Balaban J connectivity index is 2.28. The number of imidazole rings is 1. The standard InChI is InChI=1S/C11H14N4O/c1-7(16)15(2)6-8-3-4-9-10(5-8)14-11(12)13-9/h3-5H,6H2,1-2H3,(H3,12,13,14). The number of aromatic amines is 1. The van der Waals surface area contributed by atoms with E-state index in [9.17, 15) is 4.79 Å². The molecule has 0 aliphatic carbocycles. The van der Waals surface area contributed by atoms with Crippen molar-refractivity contribution in [1.29, 1.82) is 0 Å². The van der Waals surface area contributed by atoms with Gasteiger partial charge in [0.15, 0.2) is 5.95 Å². The molecule has 0 saturated heterocycles. The van der Waals surface area contributed by atoms with Gasteiger partial charge in [-0.3, -0.25) is 4.79 Å². The van der Waals surface area contributed by atoms with Crippen molar-refractivity contribution in [1.82, 2.24) is 14.9 Å². The van der Waals surface area contributed by atoms with Crippen molar-refractivity contribution < 1.29 is 4.79 Å². The summed E-state index contributed by atoms with van der Waals surface area (Å²) >= 11 is 0. The van der Waals surface area contributed by atoms with Crippen LogP contribution in [0.15, 0.2) is 18.2 Å². The fraction of sp³-hybridized carbons (Fsp3) is 0.273. The van der Waals surface area contributed by atoms with E-state index in [2.05, 4.69) is 9.97 Å². The molecule has 84 valence electrons.